The van der Waals surface area contributed by atoms with Crippen molar-refractivity contribution in [3.05, 3.63) is 66.2 Å². The monoisotopic (exact) mass is 338 g/mol. The third-order valence-corrected chi connectivity index (χ3v) is 3.39. The van der Waals surface area contributed by atoms with Crippen LogP contribution in [0.25, 0.3) is 17.0 Å². The van der Waals surface area contributed by atoms with Gasteiger partial charge in [0.25, 0.3) is 0 Å². The first-order valence-electron chi connectivity index (χ1n) is 7.56. The van der Waals surface area contributed by atoms with E-state index < -0.39 is 11.7 Å². The standard InChI is InChI=1S/C19H15FN2O3/c1-12(23)21-14-6-8-16(20)17(11-14)22-19(24)9-7-15-10-13-4-2-3-5-18(13)25-15/h2-11H,1H3,(H,21,23)(H,22,24)/b9-7+. The molecule has 6 heteroatoms. The summed E-state index contributed by atoms with van der Waals surface area (Å²) >= 11 is 0. The normalized spacial score (nSPS) is 11.0. The van der Waals surface area contributed by atoms with Crippen LogP contribution in [0.4, 0.5) is 15.8 Å². The van der Waals surface area contributed by atoms with Crippen molar-refractivity contribution >= 4 is 40.2 Å². The zero-order valence-corrected chi connectivity index (χ0v) is 13.4. The zero-order chi connectivity index (χ0) is 17.8. The Labute approximate surface area is 143 Å². The first kappa shape index (κ1) is 16.4. The summed E-state index contributed by atoms with van der Waals surface area (Å²) in [5.74, 6) is -0.878. The van der Waals surface area contributed by atoms with Gasteiger partial charge in [0, 0.05) is 24.1 Å². The van der Waals surface area contributed by atoms with Gasteiger partial charge in [-0.1, -0.05) is 18.2 Å². The van der Waals surface area contributed by atoms with Gasteiger partial charge in [0.1, 0.15) is 17.2 Å². The van der Waals surface area contributed by atoms with Gasteiger partial charge < -0.3 is 15.1 Å². The highest BCUT2D eigenvalue weighted by molar-refractivity contribution is 6.02. The quantitative estimate of drug-likeness (QED) is 0.701. The van der Waals surface area contributed by atoms with E-state index >= 15 is 0 Å². The molecule has 2 N–H and O–H groups in total. The molecule has 0 aliphatic rings. The number of rotatable bonds is 4. The van der Waals surface area contributed by atoms with E-state index in [2.05, 4.69) is 10.6 Å². The summed E-state index contributed by atoms with van der Waals surface area (Å²) in [4.78, 5) is 23.0. The van der Waals surface area contributed by atoms with E-state index in [1.807, 2.05) is 24.3 Å². The maximum atomic E-state index is 13.8. The van der Waals surface area contributed by atoms with Crippen molar-refractivity contribution in [2.75, 3.05) is 10.6 Å². The molecule has 0 unspecified atom stereocenters. The predicted molar refractivity (Wildman–Crippen MR) is 94.6 cm³/mol. The topological polar surface area (TPSA) is 71.3 Å². The lowest BCUT2D eigenvalue weighted by Gasteiger charge is -2.07. The van der Waals surface area contributed by atoms with Crippen LogP contribution in [0.1, 0.15) is 12.7 Å². The van der Waals surface area contributed by atoms with Crippen LogP contribution in [0.5, 0.6) is 0 Å². The van der Waals surface area contributed by atoms with Crippen LogP contribution in [-0.2, 0) is 9.59 Å². The highest BCUT2D eigenvalue weighted by atomic mass is 19.1. The highest BCUT2D eigenvalue weighted by Gasteiger charge is 2.07. The minimum atomic E-state index is -0.598. The van der Waals surface area contributed by atoms with Gasteiger partial charge in [0.2, 0.25) is 11.8 Å². The molecule has 5 nitrogen and oxygen atoms in total. The molecule has 0 aliphatic carbocycles. The minimum absolute atomic E-state index is 0.0227. The van der Waals surface area contributed by atoms with Crippen molar-refractivity contribution < 1.29 is 18.4 Å². The van der Waals surface area contributed by atoms with E-state index in [0.29, 0.717) is 11.4 Å². The summed E-state index contributed by atoms with van der Waals surface area (Å²) in [5.41, 5.74) is 1.09. The van der Waals surface area contributed by atoms with Crippen LogP contribution < -0.4 is 10.6 Å². The Balaban J connectivity index is 1.72. The number of nitrogens with one attached hydrogen (secondary N) is 2. The third kappa shape index (κ3) is 4.11. The van der Waals surface area contributed by atoms with Crippen LogP contribution in [0.15, 0.2) is 59.0 Å². The Morgan fingerprint density at radius 1 is 1.08 bits per heavy atom. The minimum Gasteiger partial charge on any atom is -0.457 e. The van der Waals surface area contributed by atoms with E-state index in [9.17, 15) is 14.0 Å². The number of para-hydroxylation sites is 1. The molecule has 1 heterocycles. The number of carbonyl (C=O) groups is 2. The van der Waals surface area contributed by atoms with Gasteiger partial charge in [-0.25, -0.2) is 4.39 Å². The van der Waals surface area contributed by atoms with Crippen LogP contribution in [-0.4, -0.2) is 11.8 Å². The number of furan rings is 1. The number of anilines is 2. The van der Waals surface area contributed by atoms with Gasteiger partial charge in [-0.05, 0) is 36.4 Å². The lowest BCUT2D eigenvalue weighted by molar-refractivity contribution is -0.114. The van der Waals surface area contributed by atoms with Crippen molar-refractivity contribution in [2.24, 2.45) is 0 Å². The van der Waals surface area contributed by atoms with Crippen LogP contribution >= 0.6 is 0 Å². The number of fused-ring (bicyclic) bond motifs is 1. The number of hydrogen-bond donors (Lipinski definition) is 2. The van der Waals surface area contributed by atoms with E-state index in [1.54, 1.807) is 6.07 Å². The average Bonchev–Trinajstić information content (AvgIpc) is 2.98. The largest absolute Gasteiger partial charge is 0.457 e. The fraction of sp³-hybridized carbons (Fsp3) is 0.0526. The second-order valence-electron chi connectivity index (χ2n) is 5.38. The average molecular weight is 338 g/mol. The fourth-order valence-electron chi connectivity index (χ4n) is 2.32. The molecule has 0 fully saturated rings. The summed E-state index contributed by atoms with van der Waals surface area (Å²) in [6.45, 7) is 1.34. The SMILES string of the molecule is CC(=O)Nc1ccc(F)c(NC(=O)/C=C/c2cc3ccccc3o2)c1. The summed E-state index contributed by atoms with van der Waals surface area (Å²) in [6.07, 6.45) is 2.76. The van der Waals surface area contributed by atoms with Crippen molar-refractivity contribution in [2.45, 2.75) is 6.92 Å². The number of amides is 2. The van der Waals surface area contributed by atoms with Gasteiger partial charge in [-0.3, -0.25) is 9.59 Å². The molecule has 0 saturated heterocycles. The van der Waals surface area contributed by atoms with Crippen molar-refractivity contribution in [1.82, 2.24) is 0 Å². The highest BCUT2D eigenvalue weighted by Crippen LogP contribution is 2.21. The first-order chi connectivity index (χ1) is 12.0. The summed E-state index contributed by atoms with van der Waals surface area (Å²) in [6, 6.07) is 13.2. The molecule has 126 valence electrons. The molecule has 0 bridgehead atoms. The Morgan fingerprint density at radius 3 is 2.64 bits per heavy atom. The Morgan fingerprint density at radius 2 is 1.88 bits per heavy atom. The zero-order valence-electron chi connectivity index (χ0n) is 13.4. The molecular weight excluding hydrogens is 323 g/mol. The summed E-state index contributed by atoms with van der Waals surface area (Å²) < 4.78 is 19.4. The molecule has 0 atom stereocenters. The Kier molecular flexibility index (Phi) is 4.61. The van der Waals surface area contributed by atoms with Gasteiger partial charge in [0.05, 0.1) is 5.69 Å². The summed E-state index contributed by atoms with van der Waals surface area (Å²) in [5, 5.41) is 5.89. The van der Waals surface area contributed by atoms with Crippen molar-refractivity contribution in [3.63, 3.8) is 0 Å². The molecule has 0 spiro atoms. The predicted octanol–water partition coefficient (Wildman–Crippen LogP) is 4.18. The summed E-state index contributed by atoms with van der Waals surface area (Å²) in [7, 11) is 0. The van der Waals surface area contributed by atoms with E-state index in [-0.39, 0.29) is 11.6 Å². The molecule has 2 amide bonds. The number of benzene rings is 2. The third-order valence-electron chi connectivity index (χ3n) is 3.39. The Hall–Kier alpha value is -3.41. The maximum Gasteiger partial charge on any atom is 0.248 e. The number of halogens is 1. The maximum absolute atomic E-state index is 13.8. The van der Waals surface area contributed by atoms with Crippen molar-refractivity contribution in [1.29, 1.82) is 0 Å². The van der Waals surface area contributed by atoms with Crippen LogP contribution in [0, 0.1) is 5.82 Å². The van der Waals surface area contributed by atoms with E-state index in [1.165, 1.54) is 37.3 Å². The second kappa shape index (κ2) is 7.00. The first-order valence-corrected chi connectivity index (χ1v) is 7.56. The fourth-order valence-corrected chi connectivity index (χ4v) is 2.32. The van der Waals surface area contributed by atoms with Gasteiger partial charge in [-0.2, -0.15) is 0 Å². The lowest BCUT2D eigenvalue weighted by Crippen LogP contribution is -2.11. The number of hydrogen-bond acceptors (Lipinski definition) is 3. The smallest absolute Gasteiger partial charge is 0.248 e. The van der Waals surface area contributed by atoms with Gasteiger partial charge in [-0.15, -0.1) is 0 Å². The molecule has 1 aromatic heterocycles. The van der Waals surface area contributed by atoms with Crippen LogP contribution in [0.3, 0.4) is 0 Å². The van der Waals surface area contributed by atoms with Gasteiger partial charge in [0.15, 0.2) is 0 Å². The molecule has 0 aliphatic heterocycles. The molecule has 0 saturated carbocycles. The molecular formula is C19H15FN2O3. The van der Waals surface area contributed by atoms with Crippen molar-refractivity contribution in [3.8, 4) is 0 Å². The second-order valence-corrected chi connectivity index (χ2v) is 5.38. The van der Waals surface area contributed by atoms with E-state index in [4.69, 9.17) is 4.42 Å². The number of carbonyl (C=O) groups excluding carboxylic acids is 2. The van der Waals surface area contributed by atoms with E-state index in [0.717, 1.165) is 11.0 Å². The van der Waals surface area contributed by atoms with Crippen LogP contribution in [0.2, 0.25) is 0 Å². The molecule has 3 aromatic rings. The molecule has 3 rings (SSSR count). The lowest BCUT2D eigenvalue weighted by atomic mass is 10.2. The molecule has 2 aromatic carbocycles. The molecule has 0 radical (unpaired) electrons. The molecule has 25 heavy (non-hydrogen) atoms. The Bertz CT molecular complexity index is 943. The van der Waals surface area contributed by atoms with Gasteiger partial charge >= 0.3 is 0 Å².